The third-order valence-electron chi connectivity index (χ3n) is 10.3. The van der Waals surface area contributed by atoms with Crippen molar-refractivity contribution in [2.45, 2.75) is 88.0 Å². The first kappa shape index (κ1) is 38.4. The number of likely N-dealkylation sites (tertiary alicyclic amines) is 1. The van der Waals surface area contributed by atoms with Gasteiger partial charge in [0.15, 0.2) is 0 Å². The topological polar surface area (TPSA) is 125 Å². The Morgan fingerprint density at radius 3 is 2.53 bits per heavy atom. The van der Waals surface area contributed by atoms with Crippen molar-refractivity contribution < 1.29 is 33.8 Å². The van der Waals surface area contributed by atoms with E-state index in [1.54, 1.807) is 17.1 Å². The molecule has 3 fully saturated rings. The second kappa shape index (κ2) is 16.3. The summed E-state index contributed by atoms with van der Waals surface area (Å²) < 4.78 is 12.4. The van der Waals surface area contributed by atoms with Crippen molar-refractivity contribution >= 4 is 45.3 Å². The van der Waals surface area contributed by atoms with Crippen molar-refractivity contribution in [2.75, 3.05) is 24.7 Å². The number of carbonyl (C=O) groups is 4. The smallest absolute Gasteiger partial charge is 0.306 e. The van der Waals surface area contributed by atoms with Crippen LogP contribution in [0.15, 0.2) is 73.8 Å². The SMILES string of the molecule is C=CCCC(=O)OC[C@H](NC(=O)[C@@H]1[C@H]2O[C@@]3(CC2Br)[C@H](C(=O)N(CC=C)c2cc(C)ccc2C)N([C@@H](CO)CC(C)C)C(=O)[C@@H]13)c1ccccc1. The van der Waals surface area contributed by atoms with Gasteiger partial charge in [-0.3, -0.25) is 19.2 Å². The maximum absolute atomic E-state index is 15.1. The second-order valence-corrected chi connectivity index (χ2v) is 15.6. The molecule has 0 radical (unpaired) electrons. The highest BCUT2D eigenvalue weighted by atomic mass is 79.9. The van der Waals surface area contributed by atoms with E-state index in [2.05, 4.69) is 34.4 Å². The third kappa shape index (κ3) is 7.57. The number of aliphatic hydroxyl groups is 1. The molecule has 0 aliphatic carbocycles. The van der Waals surface area contributed by atoms with E-state index in [4.69, 9.17) is 9.47 Å². The van der Waals surface area contributed by atoms with E-state index in [1.165, 1.54) is 4.90 Å². The lowest BCUT2D eigenvalue weighted by atomic mass is 9.70. The summed E-state index contributed by atoms with van der Waals surface area (Å²) in [7, 11) is 0. The highest BCUT2D eigenvalue weighted by Gasteiger charge is 2.77. The molecule has 274 valence electrons. The van der Waals surface area contributed by atoms with Crippen LogP contribution in [0, 0.1) is 31.6 Å². The zero-order valence-electron chi connectivity index (χ0n) is 29.9. The lowest BCUT2D eigenvalue weighted by Gasteiger charge is -2.40. The van der Waals surface area contributed by atoms with Gasteiger partial charge < -0.3 is 29.7 Å². The van der Waals surface area contributed by atoms with Crippen LogP contribution >= 0.6 is 15.9 Å². The molecule has 51 heavy (non-hydrogen) atoms. The molecule has 1 unspecified atom stereocenters. The summed E-state index contributed by atoms with van der Waals surface area (Å²) in [6.07, 6.45) is 4.00. The molecule has 2 aromatic rings. The summed E-state index contributed by atoms with van der Waals surface area (Å²) >= 11 is 3.76. The van der Waals surface area contributed by atoms with E-state index in [0.29, 0.717) is 24.9 Å². The number of aryl methyl sites for hydroxylation is 2. The van der Waals surface area contributed by atoms with Crippen LogP contribution in [0.25, 0.3) is 0 Å². The number of hydrogen-bond acceptors (Lipinski definition) is 7. The average molecular weight is 765 g/mol. The summed E-state index contributed by atoms with van der Waals surface area (Å²) in [6, 6.07) is 12.6. The minimum absolute atomic E-state index is 0.105. The van der Waals surface area contributed by atoms with E-state index in [9.17, 15) is 19.5 Å². The third-order valence-corrected chi connectivity index (χ3v) is 11.2. The summed E-state index contributed by atoms with van der Waals surface area (Å²) in [4.78, 5) is 59.8. The summed E-state index contributed by atoms with van der Waals surface area (Å²) in [5.41, 5.74) is 1.94. The fourth-order valence-corrected chi connectivity index (χ4v) is 9.04. The van der Waals surface area contributed by atoms with Gasteiger partial charge in [0.25, 0.3) is 5.91 Å². The van der Waals surface area contributed by atoms with Crippen LogP contribution in [-0.2, 0) is 28.7 Å². The van der Waals surface area contributed by atoms with Crippen LogP contribution in [-0.4, -0.2) is 82.1 Å². The van der Waals surface area contributed by atoms with Crippen molar-refractivity contribution in [3.05, 3.63) is 90.5 Å². The van der Waals surface area contributed by atoms with E-state index in [1.807, 2.05) is 76.2 Å². The number of nitrogens with one attached hydrogen (secondary N) is 1. The number of fused-ring (bicyclic) bond motifs is 1. The number of ether oxygens (including phenoxy) is 2. The maximum Gasteiger partial charge on any atom is 0.306 e. The number of allylic oxidation sites excluding steroid dienone is 1. The Balaban J connectivity index is 1.55. The van der Waals surface area contributed by atoms with Gasteiger partial charge in [-0.2, -0.15) is 0 Å². The van der Waals surface area contributed by atoms with Gasteiger partial charge in [-0.25, -0.2) is 0 Å². The highest BCUT2D eigenvalue weighted by molar-refractivity contribution is 9.09. The van der Waals surface area contributed by atoms with Gasteiger partial charge in [-0.1, -0.05) is 84.4 Å². The summed E-state index contributed by atoms with van der Waals surface area (Å²) in [5, 5.41) is 13.8. The Morgan fingerprint density at radius 1 is 1.16 bits per heavy atom. The van der Waals surface area contributed by atoms with E-state index in [0.717, 1.165) is 16.7 Å². The molecule has 0 aromatic heterocycles. The number of benzene rings is 2. The number of halogens is 1. The average Bonchev–Trinajstić information content (AvgIpc) is 3.71. The first-order chi connectivity index (χ1) is 24.4. The fraction of sp³-hybridized carbons (Fsp3) is 0.500. The van der Waals surface area contributed by atoms with Crippen molar-refractivity contribution in [1.82, 2.24) is 10.2 Å². The number of amides is 3. The van der Waals surface area contributed by atoms with Crippen molar-refractivity contribution in [3.63, 3.8) is 0 Å². The largest absolute Gasteiger partial charge is 0.463 e. The Kier molecular flexibility index (Phi) is 12.2. The fourth-order valence-electron chi connectivity index (χ4n) is 8.10. The van der Waals surface area contributed by atoms with Crippen LogP contribution < -0.4 is 10.2 Å². The Bertz CT molecular complexity index is 1630. The van der Waals surface area contributed by atoms with Crippen LogP contribution in [0.5, 0.6) is 0 Å². The summed E-state index contributed by atoms with van der Waals surface area (Å²) in [6.45, 7) is 15.2. The Hall–Kier alpha value is -3.80. The second-order valence-electron chi connectivity index (χ2n) is 14.4. The lowest BCUT2D eigenvalue weighted by molar-refractivity contribution is -0.146. The monoisotopic (exact) mass is 763 g/mol. The molecular weight excluding hydrogens is 714 g/mol. The Labute approximate surface area is 309 Å². The molecule has 2 aromatic carbocycles. The number of rotatable bonds is 16. The zero-order chi connectivity index (χ0) is 37.0. The number of hydrogen-bond donors (Lipinski definition) is 2. The van der Waals surface area contributed by atoms with E-state index < -0.39 is 53.5 Å². The molecule has 3 aliphatic heterocycles. The lowest BCUT2D eigenvalue weighted by Crippen LogP contribution is -2.59. The zero-order valence-corrected chi connectivity index (χ0v) is 31.5. The number of nitrogens with zero attached hydrogens (tertiary/aromatic N) is 2. The molecule has 1 spiro atoms. The van der Waals surface area contributed by atoms with Crippen LogP contribution in [0.1, 0.15) is 62.3 Å². The van der Waals surface area contributed by atoms with Gasteiger partial charge in [-0.15, -0.1) is 13.2 Å². The normalized spacial score (nSPS) is 26.1. The molecule has 11 heteroatoms. The molecule has 0 saturated carbocycles. The van der Waals surface area contributed by atoms with E-state index in [-0.39, 0.29) is 48.7 Å². The molecule has 3 heterocycles. The molecule has 2 N–H and O–H groups in total. The minimum atomic E-state index is -1.34. The number of anilines is 1. The number of aliphatic hydroxyl groups excluding tert-OH is 1. The minimum Gasteiger partial charge on any atom is -0.463 e. The van der Waals surface area contributed by atoms with Crippen molar-refractivity contribution in [2.24, 2.45) is 17.8 Å². The van der Waals surface area contributed by atoms with Crippen LogP contribution in [0.4, 0.5) is 5.69 Å². The molecular formula is C40H50BrN3O7. The van der Waals surface area contributed by atoms with Gasteiger partial charge in [0.1, 0.15) is 18.2 Å². The quantitative estimate of drug-likeness (QED) is 0.134. The Morgan fingerprint density at radius 2 is 1.88 bits per heavy atom. The van der Waals surface area contributed by atoms with Gasteiger partial charge in [0.05, 0.1) is 36.6 Å². The predicted octanol–water partition coefficient (Wildman–Crippen LogP) is 5.34. The molecule has 3 saturated heterocycles. The van der Waals surface area contributed by atoms with Gasteiger partial charge in [0, 0.05) is 23.5 Å². The molecule has 8 atom stereocenters. The number of alkyl halides is 1. The first-order valence-electron chi connectivity index (χ1n) is 17.7. The molecule has 5 rings (SSSR count). The standard InChI is InChI=1S/C40H50BrN3O7/c1-7-9-15-32(46)50-23-30(27-13-11-10-12-14-27)42-37(47)33-34-38(48)44(28(22-45)19-24(3)4)36(40(34)21-29(41)35(33)51-40)39(49)43(18-8-2)31-20-25(5)16-17-26(31)6/h7-8,10-14,16-17,20,24,28-30,33-36,45H,1-2,9,15,18-19,21-23H2,3-6H3,(H,42,47)/t28-,29?,30+,33+,34-,35+,36+,40-/m1/s1. The van der Waals surface area contributed by atoms with Crippen molar-refractivity contribution in [1.29, 1.82) is 0 Å². The maximum atomic E-state index is 15.1. The van der Waals surface area contributed by atoms with Crippen LogP contribution in [0.2, 0.25) is 0 Å². The van der Waals surface area contributed by atoms with Gasteiger partial charge >= 0.3 is 5.97 Å². The molecule has 3 aliphatic rings. The van der Waals surface area contributed by atoms with Crippen molar-refractivity contribution in [3.8, 4) is 0 Å². The van der Waals surface area contributed by atoms with Crippen LogP contribution in [0.3, 0.4) is 0 Å². The van der Waals surface area contributed by atoms with Gasteiger partial charge in [-0.05, 0) is 61.8 Å². The first-order valence-corrected chi connectivity index (χ1v) is 18.7. The number of esters is 1. The highest BCUT2D eigenvalue weighted by Crippen LogP contribution is 2.61. The van der Waals surface area contributed by atoms with Gasteiger partial charge in [0.2, 0.25) is 11.8 Å². The molecule has 10 nitrogen and oxygen atoms in total. The molecule has 2 bridgehead atoms. The predicted molar refractivity (Wildman–Crippen MR) is 199 cm³/mol. The summed E-state index contributed by atoms with van der Waals surface area (Å²) in [5.74, 6) is -3.42. The number of carbonyl (C=O) groups excluding carboxylic acids is 4. The van der Waals surface area contributed by atoms with E-state index >= 15 is 4.79 Å². The molecule has 3 amide bonds.